The van der Waals surface area contributed by atoms with Gasteiger partial charge in [-0.1, -0.05) is 22.9 Å². The van der Waals surface area contributed by atoms with Crippen molar-refractivity contribution in [1.29, 1.82) is 5.26 Å². The highest BCUT2D eigenvalue weighted by atomic mass is 79.9. The predicted octanol–water partition coefficient (Wildman–Crippen LogP) is 2.50. The number of nitrogens with zero attached hydrogens (tertiary/aromatic N) is 1. The van der Waals surface area contributed by atoms with E-state index in [1.165, 1.54) is 0 Å². The first-order valence-electron chi connectivity index (χ1n) is 4.96. The summed E-state index contributed by atoms with van der Waals surface area (Å²) < 4.78 is 12.1. The van der Waals surface area contributed by atoms with Gasteiger partial charge in [0.15, 0.2) is 0 Å². The number of nitrogens with one attached hydrogen (secondary N) is 1. The summed E-state index contributed by atoms with van der Waals surface area (Å²) in [5.41, 5.74) is 1.38. The van der Waals surface area contributed by atoms with Crippen molar-refractivity contribution >= 4 is 32.4 Å². The van der Waals surface area contributed by atoms with Gasteiger partial charge in [-0.25, -0.2) is 0 Å². The molecule has 5 heteroatoms. The van der Waals surface area contributed by atoms with Gasteiger partial charge in [0.25, 0.3) is 0 Å². The molecule has 16 heavy (non-hydrogen) atoms. The molecule has 0 aromatic heterocycles. The molecule has 0 aliphatic rings. The maximum absolute atomic E-state index is 11.2. The highest BCUT2D eigenvalue weighted by molar-refractivity contribution is 9.10. The van der Waals surface area contributed by atoms with E-state index in [0.717, 1.165) is 10.2 Å². The molecule has 0 saturated heterocycles. The second-order valence-electron chi connectivity index (χ2n) is 3.16. The Balaban J connectivity index is 2.61. The van der Waals surface area contributed by atoms with Crippen molar-refractivity contribution in [2.45, 2.75) is 6.92 Å². The Morgan fingerprint density at radius 2 is 2.31 bits per heavy atom. The Morgan fingerprint density at radius 1 is 1.56 bits per heavy atom. The van der Waals surface area contributed by atoms with Gasteiger partial charge in [0.05, 0.1) is 11.3 Å². The van der Waals surface area contributed by atoms with Gasteiger partial charge < -0.3 is 5.32 Å². The van der Waals surface area contributed by atoms with Gasteiger partial charge in [0, 0.05) is 33.3 Å². The number of anilines is 1. The largest absolute Gasteiger partial charge is 0.383 e. The van der Waals surface area contributed by atoms with Gasteiger partial charge in [0.1, 0.15) is 6.07 Å². The van der Waals surface area contributed by atoms with Crippen molar-refractivity contribution in [1.82, 2.24) is 0 Å². The summed E-state index contributed by atoms with van der Waals surface area (Å²) >= 11 is 3.31. The zero-order valence-electron chi connectivity index (χ0n) is 9.00. The minimum absolute atomic E-state index is 0.594. The number of hydrogen-bond acceptors (Lipinski definition) is 3. The molecule has 0 aliphatic carbocycles. The number of hydrogen-bond donors (Lipinski definition) is 1. The Kier molecular flexibility index (Phi) is 5.50. The van der Waals surface area contributed by atoms with Crippen molar-refractivity contribution in [3.63, 3.8) is 0 Å². The standard InChI is InChI=1S/C11H13BrN2OS/c1-2-16(15)6-5-14-11-4-3-10(12)7-9(11)8-13/h3-4,7,14H,2,5-6H2,1H3. The smallest absolute Gasteiger partial charge is 0.101 e. The predicted molar refractivity (Wildman–Crippen MR) is 70.9 cm³/mol. The molecule has 1 unspecified atom stereocenters. The molecule has 0 bridgehead atoms. The summed E-state index contributed by atoms with van der Waals surface area (Å²) in [4.78, 5) is 0. The second-order valence-corrected chi connectivity index (χ2v) is 5.94. The molecular weight excluding hydrogens is 288 g/mol. The number of nitriles is 1. The zero-order chi connectivity index (χ0) is 12.0. The molecule has 1 atom stereocenters. The molecule has 0 heterocycles. The van der Waals surface area contributed by atoms with Crippen LogP contribution >= 0.6 is 15.9 Å². The third-order valence-electron chi connectivity index (χ3n) is 2.07. The third-order valence-corrected chi connectivity index (χ3v) is 3.87. The first-order valence-corrected chi connectivity index (χ1v) is 7.24. The maximum atomic E-state index is 11.2. The van der Waals surface area contributed by atoms with Crippen LogP contribution in [0.15, 0.2) is 22.7 Å². The van der Waals surface area contributed by atoms with Crippen molar-refractivity contribution in [2.24, 2.45) is 0 Å². The fourth-order valence-corrected chi connectivity index (χ4v) is 2.19. The summed E-state index contributed by atoms with van der Waals surface area (Å²) in [6, 6.07) is 7.60. The van der Waals surface area contributed by atoms with Crippen molar-refractivity contribution in [2.75, 3.05) is 23.4 Å². The molecule has 0 fully saturated rings. The number of halogens is 1. The fraction of sp³-hybridized carbons (Fsp3) is 0.364. The summed E-state index contributed by atoms with van der Waals surface area (Å²) in [5, 5.41) is 12.0. The molecule has 3 nitrogen and oxygen atoms in total. The van der Waals surface area contributed by atoms with Crippen LogP contribution in [0.3, 0.4) is 0 Å². The number of rotatable bonds is 5. The van der Waals surface area contributed by atoms with Crippen LogP contribution < -0.4 is 5.32 Å². The average Bonchev–Trinajstić information content (AvgIpc) is 2.30. The van der Waals surface area contributed by atoms with Gasteiger partial charge in [-0.2, -0.15) is 5.26 Å². The molecule has 0 aliphatic heterocycles. The molecule has 1 rings (SSSR count). The van der Waals surface area contributed by atoms with E-state index in [4.69, 9.17) is 5.26 Å². The van der Waals surface area contributed by atoms with Crippen LogP contribution in [0.2, 0.25) is 0 Å². The normalized spacial score (nSPS) is 11.8. The number of benzene rings is 1. The monoisotopic (exact) mass is 300 g/mol. The molecule has 0 saturated carbocycles. The zero-order valence-corrected chi connectivity index (χ0v) is 11.4. The van der Waals surface area contributed by atoms with Gasteiger partial charge in [-0.05, 0) is 18.2 Å². The Labute approximate surface area is 106 Å². The van der Waals surface area contributed by atoms with Crippen LogP contribution in [-0.2, 0) is 10.8 Å². The molecule has 0 spiro atoms. The summed E-state index contributed by atoms with van der Waals surface area (Å²) in [5.74, 6) is 1.28. The highest BCUT2D eigenvalue weighted by Gasteiger charge is 2.02. The van der Waals surface area contributed by atoms with E-state index in [2.05, 4.69) is 27.3 Å². The summed E-state index contributed by atoms with van der Waals surface area (Å²) in [6.45, 7) is 2.52. The molecule has 86 valence electrons. The van der Waals surface area contributed by atoms with Crippen LogP contribution in [0, 0.1) is 11.3 Å². The van der Waals surface area contributed by atoms with Crippen LogP contribution in [0.1, 0.15) is 12.5 Å². The molecule has 1 N–H and O–H groups in total. The lowest BCUT2D eigenvalue weighted by atomic mass is 10.2. The van der Waals surface area contributed by atoms with Gasteiger partial charge in [-0.15, -0.1) is 0 Å². The van der Waals surface area contributed by atoms with E-state index >= 15 is 0 Å². The lowest BCUT2D eigenvalue weighted by Gasteiger charge is -2.07. The van der Waals surface area contributed by atoms with Crippen LogP contribution in [0.4, 0.5) is 5.69 Å². The topological polar surface area (TPSA) is 52.9 Å². The van der Waals surface area contributed by atoms with Crippen LogP contribution in [-0.4, -0.2) is 22.3 Å². The van der Waals surface area contributed by atoms with Gasteiger partial charge in [-0.3, -0.25) is 4.21 Å². The minimum atomic E-state index is -0.768. The van der Waals surface area contributed by atoms with Crippen LogP contribution in [0.25, 0.3) is 0 Å². The SMILES string of the molecule is CCS(=O)CCNc1ccc(Br)cc1C#N. The summed E-state index contributed by atoms with van der Waals surface area (Å²) in [6.07, 6.45) is 0. The lowest BCUT2D eigenvalue weighted by molar-refractivity contribution is 0.684. The average molecular weight is 301 g/mol. The summed E-state index contributed by atoms with van der Waals surface area (Å²) in [7, 11) is -0.768. The maximum Gasteiger partial charge on any atom is 0.101 e. The van der Waals surface area contributed by atoms with E-state index in [0.29, 0.717) is 23.6 Å². The van der Waals surface area contributed by atoms with E-state index in [-0.39, 0.29) is 0 Å². The molecule has 0 amide bonds. The Hall–Kier alpha value is -0.860. The molecule has 1 aromatic rings. The minimum Gasteiger partial charge on any atom is -0.383 e. The van der Waals surface area contributed by atoms with Crippen molar-refractivity contribution in [3.8, 4) is 6.07 Å². The molecular formula is C11H13BrN2OS. The second kappa shape index (κ2) is 6.66. The van der Waals surface area contributed by atoms with E-state index in [9.17, 15) is 4.21 Å². The third kappa shape index (κ3) is 3.95. The van der Waals surface area contributed by atoms with Crippen LogP contribution in [0.5, 0.6) is 0 Å². The Morgan fingerprint density at radius 3 is 2.94 bits per heavy atom. The first kappa shape index (κ1) is 13.2. The Bertz CT molecular complexity index is 428. The quantitative estimate of drug-likeness (QED) is 0.909. The van der Waals surface area contributed by atoms with E-state index in [1.54, 1.807) is 6.07 Å². The fourth-order valence-electron chi connectivity index (χ4n) is 1.21. The van der Waals surface area contributed by atoms with Gasteiger partial charge in [0.2, 0.25) is 0 Å². The van der Waals surface area contributed by atoms with Crippen molar-refractivity contribution < 1.29 is 4.21 Å². The van der Waals surface area contributed by atoms with E-state index < -0.39 is 10.8 Å². The molecule has 1 aromatic carbocycles. The first-order chi connectivity index (χ1) is 7.67. The van der Waals surface area contributed by atoms with E-state index in [1.807, 2.05) is 19.1 Å². The molecule has 0 radical (unpaired) electrons. The van der Waals surface area contributed by atoms with Crippen molar-refractivity contribution in [3.05, 3.63) is 28.2 Å². The highest BCUT2D eigenvalue weighted by Crippen LogP contribution is 2.19. The lowest BCUT2D eigenvalue weighted by Crippen LogP contribution is -2.12. The van der Waals surface area contributed by atoms with Gasteiger partial charge >= 0.3 is 0 Å².